The van der Waals surface area contributed by atoms with Crippen LogP contribution in [0.3, 0.4) is 0 Å². The lowest BCUT2D eigenvalue weighted by Gasteiger charge is -2.41. The third-order valence-electron chi connectivity index (χ3n) is 3.37. The molecule has 0 heterocycles. The first-order valence-corrected chi connectivity index (χ1v) is 5.85. The highest BCUT2D eigenvalue weighted by Gasteiger charge is 2.38. The third-order valence-corrected chi connectivity index (χ3v) is 3.87. The van der Waals surface area contributed by atoms with Crippen molar-refractivity contribution in [1.29, 1.82) is 0 Å². The van der Waals surface area contributed by atoms with Crippen molar-refractivity contribution < 1.29 is 5.11 Å². The number of hydrogen-bond acceptors (Lipinski definition) is 1. The molecule has 0 saturated heterocycles. The Bertz CT molecular complexity index is 337. The average Bonchev–Trinajstić information content (AvgIpc) is 2.07. The number of aliphatic hydroxyl groups excluding tert-OH is 1. The Morgan fingerprint density at radius 2 is 2.14 bits per heavy atom. The van der Waals surface area contributed by atoms with E-state index in [1.165, 1.54) is 17.5 Å². The molecule has 1 aromatic rings. The summed E-state index contributed by atoms with van der Waals surface area (Å²) < 4.78 is 1.12. The molecule has 0 bridgehead atoms. The van der Waals surface area contributed by atoms with E-state index in [4.69, 9.17) is 0 Å². The van der Waals surface area contributed by atoms with Gasteiger partial charge in [0.25, 0.3) is 0 Å². The molecule has 0 aromatic heterocycles. The van der Waals surface area contributed by atoms with Crippen LogP contribution in [0.15, 0.2) is 22.7 Å². The number of benzene rings is 1. The smallest absolute Gasteiger partial charge is 0.0528 e. The molecule has 1 aliphatic rings. The van der Waals surface area contributed by atoms with E-state index in [-0.39, 0.29) is 12.0 Å². The van der Waals surface area contributed by atoms with Crippen molar-refractivity contribution in [3.05, 3.63) is 33.8 Å². The van der Waals surface area contributed by atoms with Gasteiger partial charge in [-0.15, -0.1) is 0 Å². The van der Waals surface area contributed by atoms with Gasteiger partial charge in [-0.05, 0) is 43.0 Å². The maximum absolute atomic E-state index is 9.47. The van der Waals surface area contributed by atoms with Crippen LogP contribution in [-0.4, -0.2) is 11.7 Å². The van der Waals surface area contributed by atoms with Gasteiger partial charge in [0, 0.05) is 9.89 Å². The molecule has 1 aliphatic carbocycles. The second-order valence-electron chi connectivity index (χ2n) is 4.25. The average molecular weight is 255 g/mol. The minimum absolute atomic E-state index is 0.0742. The number of halogens is 1. The van der Waals surface area contributed by atoms with Crippen molar-refractivity contribution in [2.24, 2.45) is 0 Å². The number of rotatable bonds is 2. The molecule has 2 rings (SSSR count). The van der Waals surface area contributed by atoms with E-state index in [0.29, 0.717) is 0 Å². The summed E-state index contributed by atoms with van der Waals surface area (Å²) in [6.45, 7) is 2.41. The first-order chi connectivity index (χ1) is 6.68. The van der Waals surface area contributed by atoms with E-state index in [1.54, 1.807) is 0 Å². The second-order valence-corrected chi connectivity index (χ2v) is 5.17. The van der Waals surface area contributed by atoms with E-state index in [9.17, 15) is 5.11 Å². The van der Waals surface area contributed by atoms with Crippen LogP contribution in [0.5, 0.6) is 0 Å². The molecule has 0 spiro atoms. The molecule has 0 unspecified atom stereocenters. The van der Waals surface area contributed by atoms with Gasteiger partial charge in [-0.1, -0.05) is 28.4 Å². The maximum Gasteiger partial charge on any atom is 0.0528 e. The first-order valence-electron chi connectivity index (χ1n) is 5.05. The van der Waals surface area contributed by atoms with Gasteiger partial charge in [0.2, 0.25) is 0 Å². The Morgan fingerprint density at radius 1 is 1.43 bits per heavy atom. The summed E-state index contributed by atoms with van der Waals surface area (Å²) in [5.74, 6) is 0. The quantitative estimate of drug-likeness (QED) is 0.860. The lowest BCUT2D eigenvalue weighted by Crippen LogP contribution is -2.38. The largest absolute Gasteiger partial charge is 0.395 e. The highest BCUT2D eigenvalue weighted by atomic mass is 79.9. The SMILES string of the molecule is Cc1cc(Br)ccc1C1(CO)CCC1. The van der Waals surface area contributed by atoms with Gasteiger partial charge in [0.15, 0.2) is 0 Å². The molecule has 0 amide bonds. The van der Waals surface area contributed by atoms with Gasteiger partial charge in [0.1, 0.15) is 0 Å². The van der Waals surface area contributed by atoms with Crippen LogP contribution in [0.25, 0.3) is 0 Å². The fourth-order valence-electron chi connectivity index (χ4n) is 2.34. The van der Waals surface area contributed by atoms with Crippen LogP contribution < -0.4 is 0 Å². The van der Waals surface area contributed by atoms with Crippen molar-refractivity contribution in [3.8, 4) is 0 Å². The van der Waals surface area contributed by atoms with E-state index in [2.05, 4.69) is 41.1 Å². The number of aryl methyl sites for hydroxylation is 1. The molecule has 76 valence electrons. The minimum atomic E-state index is 0.0742. The van der Waals surface area contributed by atoms with Crippen molar-refractivity contribution in [3.63, 3.8) is 0 Å². The normalized spacial score (nSPS) is 19.1. The van der Waals surface area contributed by atoms with Gasteiger partial charge in [-0.2, -0.15) is 0 Å². The van der Waals surface area contributed by atoms with E-state index in [1.807, 2.05) is 0 Å². The monoisotopic (exact) mass is 254 g/mol. The van der Waals surface area contributed by atoms with Crippen LogP contribution >= 0.6 is 15.9 Å². The Labute approximate surface area is 93.3 Å². The Hall–Kier alpha value is -0.340. The van der Waals surface area contributed by atoms with Crippen LogP contribution in [0.2, 0.25) is 0 Å². The molecular formula is C12H15BrO. The first kappa shape index (κ1) is 10.2. The van der Waals surface area contributed by atoms with E-state index in [0.717, 1.165) is 17.3 Å². The summed E-state index contributed by atoms with van der Waals surface area (Å²) in [6.07, 6.45) is 3.51. The molecule has 1 nitrogen and oxygen atoms in total. The molecule has 1 fully saturated rings. The van der Waals surface area contributed by atoms with Crippen molar-refractivity contribution in [1.82, 2.24) is 0 Å². The Kier molecular flexibility index (Phi) is 2.67. The van der Waals surface area contributed by atoms with Gasteiger partial charge in [0.05, 0.1) is 6.61 Å². The fourth-order valence-corrected chi connectivity index (χ4v) is 2.81. The standard InChI is InChI=1S/C12H15BrO/c1-9-7-10(13)3-4-11(9)12(8-14)5-2-6-12/h3-4,7,14H,2,5-6,8H2,1H3. The molecule has 1 N–H and O–H groups in total. The zero-order valence-corrected chi connectivity index (χ0v) is 9.97. The van der Waals surface area contributed by atoms with Gasteiger partial charge in [-0.3, -0.25) is 0 Å². The highest BCUT2D eigenvalue weighted by Crippen LogP contribution is 2.44. The van der Waals surface area contributed by atoms with E-state index < -0.39 is 0 Å². The lowest BCUT2D eigenvalue weighted by atomic mass is 9.64. The van der Waals surface area contributed by atoms with Crippen LogP contribution in [0.4, 0.5) is 0 Å². The zero-order valence-electron chi connectivity index (χ0n) is 8.39. The third kappa shape index (κ3) is 1.51. The maximum atomic E-state index is 9.47. The molecule has 14 heavy (non-hydrogen) atoms. The Balaban J connectivity index is 2.40. The summed E-state index contributed by atoms with van der Waals surface area (Å²) in [6, 6.07) is 6.35. The molecule has 2 heteroatoms. The van der Waals surface area contributed by atoms with Crippen LogP contribution in [0, 0.1) is 6.92 Å². The predicted molar refractivity (Wildman–Crippen MR) is 61.5 cm³/mol. The number of aliphatic hydroxyl groups is 1. The number of hydrogen-bond donors (Lipinski definition) is 1. The lowest BCUT2D eigenvalue weighted by molar-refractivity contribution is 0.119. The summed E-state index contributed by atoms with van der Waals surface area (Å²) >= 11 is 3.46. The summed E-state index contributed by atoms with van der Waals surface area (Å²) in [7, 11) is 0. The molecular weight excluding hydrogens is 240 g/mol. The van der Waals surface area contributed by atoms with Crippen LogP contribution in [-0.2, 0) is 5.41 Å². The topological polar surface area (TPSA) is 20.2 Å². The molecule has 1 saturated carbocycles. The Morgan fingerprint density at radius 3 is 2.57 bits per heavy atom. The molecule has 1 aromatic carbocycles. The fraction of sp³-hybridized carbons (Fsp3) is 0.500. The highest BCUT2D eigenvalue weighted by molar-refractivity contribution is 9.10. The van der Waals surface area contributed by atoms with Crippen molar-refractivity contribution in [2.45, 2.75) is 31.6 Å². The molecule has 0 atom stereocenters. The molecule has 0 aliphatic heterocycles. The summed E-state index contributed by atoms with van der Waals surface area (Å²) in [5.41, 5.74) is 2.69. The summed E-state index contributed by atoms with van der Waals surface area (Å²) in [4.78, 5) is 0. The summed E-state index contributed by atoms with van der Waals surface area (Å²) in [5, 5.41) is 9.47. The predicted octanol–water partition coefficient (Wildman–Crippen LogP) is 3.17. The molecule has 0 radical (unpaired) electrons. The second kappa shape index (κ2) is 3.67. The van der Waals surface area contributed by atoms with Gasteiger partial charge >= 0.3 is 0 Å². The minimum Gasteiger partial charge on any atom is -0.395 e. The van der Waals surface area contributed by atoms with E-state index >= 15 is 0 Å². The van der Waals surface area contributed by atoms with Gasteiger partial charge in [-0.25, -0.2) is 0 Å². The van der Waals surface area contributed by atoms with Gasteiger partial charge < -0.3 is 5.11 Å². The van der Waals surface area contributed by atoms with Crippen molar-refractivity contribution in [2.75, 3.05) is 6.61 Å². The van der Waals surface area contributed by atoms with Crippen LogP contribution in [0.1, 0.15) is 30.4 Å². The zero-order chi connectivity index (χ0) is 10.2. The van der Waals surface area contributed by atoms with Crippen molar-refractivity contribution >= 4 is 15.9 Å².